The molecule has 3 rings (SSSR count). The molecule has 0 spiro atoms. The molecule has 0 aliphatic heterocycles. The molecule has 0 saturated heterocycles. The maximum absolute atomic E-state index is 11.9. The maximum Gasteiger partial charge on any atom is 0.250 e. The Morgan fingerprint density at radius 3 is 2.78 bits per heavy atom. The SMILES string of the molecule is COc1cc(/C=N\NC(=O)CSCc2ccc3ccccc3c2)ccc1O. The van der Waals surface area contributed by atoms with Crippen LogP contribution in [0.15, 0.2) is 65.8 Å². The first-order valence-electron chi connectivity index (χ1n) is 8.40. The number of nitrogens with zero attached hydrogens (tertiary/aromatic N) is 1. The van der Waals surface area contributed by atoms with Gasteiger partial charge in [-0.1, -0.05) is 42.5 Å². The Morgan fingerprint density at radius 1 is 1.15 bits per heavy atom. The van der Waals surface area contributed by atoms with Gasteiger partial charge in [-0.25, -0.2) is 5.43 Å². The van der Waals surface area contributed by atoms with Crippen LogP contribution in [0.4, 0.5) is 0 Å². The zero-order valence-electron chi connectivity index (χ0n) is 14.9. The Morgan fingerprint density at radius 2 is 1.96 bits per heavy atom. The third-order valence-corrected chi connectivity index (χ3v) is 4.93. The van der Waals surface area contributed by atoms with Gasteiger partial charge in [0.1, 0.15) is 0 Å². The minimum absolute atomic E-state index is 0.0591. The Labute approximate surface area is 162 Å². The summed E-state index contributed by atoms with van der Waals surface area (Å²) in [5, 5.41) is 15.9. The molecule has 27 heavy (non-hydrogen) atoms. The highest BCUT2D eigenvalue weighted by atomic mass is 32.2. The van der Waals surface area contributed by atoms with Crippen LogP contribution in [0.5, 0.6) is 11.5 Å². The number of hydrogen-bond acceptors (Lipinski definition) is 5. The zero-order chi connectivity index (χ0) is 19.1. The van der Waals surface area contributed by atoms with Gasteiger partial charge in [-0.15, -0.1) is 11.8 Å². The van der Waals surface area contributed by atoms with Crippen LogP contribution in [0.3, 0.4) is 0 Å². The fourth-order valence-electron chi connectivity index (χ4n) is 2.58. The summed E-state index contributed by atoms with van der Waals surface area (Å²) < 4.78 is 5.03. The van der Waals surface area contributed by atoms with E-state index in [2.05, 4.69) is 40.9 Å². The number of methoxy groups -OCH3 is 1. The summed E-state index contributed by atoms with van der Waals surface area (Å²) in [7, 11) is 1.48. The molecule has 0 atom stereocenters. The van der Waals surface area contributed by atoms with Crippen LogP contribution < -0.4 is 10.2 Å². The van der Waals surface area contributed by atoms with E-state index in [0.29, 0.717) is 17.1 Å². The number of fused-ring (bicyclic) bond motifs is 1. The molecule has 2 N–H and O–H groups in total. The number of amides is 1. The minimum Gasteiger partial charge on any atom is -0.504 e. The van der Waals surface area contributed by atoms with Crippen molar-refractivity contribution in [1.29, 1.82) is 0 Å². The van der Waals surface area contributed by atoms with Crippen molar-refractivity contribution in [2.24, 2.45) is 5.10 Å². The van der Waals surface area contributed by atoms with Crippen LogP contribution in [0.1, 0.15) is 11.1 Å². The van der Waals surface area contributed by atoms with Gasteiger partial charge in [-0.3, -0.25) is 4.79 Å². The van der Waals surface area contributed by atoms with Gasteiger partial charge in [-0.2, -0.15) is 5.10 Å². The lowest BCUT2D eigenvalue weighted by Crippen LogP contribution is -2.19. The lowest BCUT2D eigenvalue weighted by molar-refractivity contribution is -0.118. The van der Waals surface area contributed by atoms with Crippen molar-refractivity contribution in [3.63, 3.8) is 0 Å². The number of rotatable bonds is 7. The summed E-state index contributed by atoms with van der Waals surface area (Å²) in [6.07, 6.45) is 1.51. The standard InChI is InChI=1S/C21H20N2O3S/c1-26-20-11-15(7-9-19(20)24)12-22-23-21(25)14-27-13-16-6-8-17-4-2-3-5-18(17)10-16/h2-12,24H,13-14H2,1H3,(H,23,25)/b22-12-. The number of phenols is 1. The van der Waals surface area contributed by atoms with Crippen molar-refractivity contribution < 1.29 is 14.6 Å². The number of carbonyl (C=O) groups excluding carboxylic acids is 1. The van der Waals surface area contributed by atoms with Gasteiger partial charge in [0, 0.05) is 5.75 Å². The summed E-state index contributed by atoms with van der Waals surface area (Å²) in [6.45, 7) is 0. The predicted octanol–water partition coefficient (Wildman–Crippen LogP) is 3.94. The third kappa shape index (κ3) is 5.24. The molecule has 0 heterocycles. The lowest BCUT2D eigenvalue weighted by atomic mass is 10.1. The highest BCUT2D eigenvalue weighted by Gasteiger charge is 2.03. The summed E-state index contributed by atoms with van der Waals surface area (Å²) in [6, 6.07) is 19.4. The largest absolute Gasteiger partial charge is 0.504 e. The molecule has 0 aliphatic carbocycles. The fraction of sp³-hybridized carbons (Fsp3) is 0.143. The van der Waals surface area contributed by atoms with Gasteiger partial charge in [0.2, 0.25) is 5.91 Å². The lowest BCUT2D eigenvalue weighted by Gasteiger charge is -2.04. The van der Waals surface area contributed by atoms with Crippen LogP contribution in [-0.4, -0.2) is 30.1 Å². The molecule has 0 aromatic heterocycles. The normalized spacial score (nSPS) is 11.0. The van der Waals surface area contributed by atoms with Crippen molar-refractivity contribution in [2.45, 2.75) is 5.75 Å². The van der Waals surface area contributed by atoms with Crippen molar-refractivity contribution in [3.05, 3.63) is 71.8 Å². The van der Waals surface area contributed by atoms with Crippen LogP contribution in [0, 0.1) is 0 Å². The van der Waals surface area contributed by atoms with E-state index in [-0.39, 0.29) is 11.7 Å². The Kier molecular flexibility index (Phi) is 6.33. The first-order valence-corrected chi connectivity index (χ1v) is 9.55. The molecule has 0 unspecified atom stereocenters. The molecule has 0 aliphatic rings. The Hall–Kier alpha value is -2.99. The molecule has 0 bridgehead atoms. The molecule has 0 radical (unpaired) electrons. The molecule has 0 fully saturated rings. The molecule has 3 aromatic rings. The smallest absolute Gasteiger partial charge is 0.250 e. The van der Waals surface area contributed by atoms with Crippen LogP contribution in [0.25, 0.3) is 10.8 Å². The van der Waals surface area contributed by atoms with Crippen LogP contribution in [-0.2, 0) is 10.5 Å². The van der Waals surface area contributed by atoms with Gasteiger partial charge < -0.3 is 9.84 Å². The van der Waals surface area contributed by atoms with Crippen molar-refractivity contribution in [1.82, 2.24) is 5.43 Å². The monoisotopic (exact) mass is 380 g/mol. The average molecular weight is 380 g/mol. The number of benzene rings is 3. The van der Waals surface area contributed by atoms with Gasteiger partial charge in [0.05, 0.1) is 19.1 Å². The number of hydrazone groups is 1. The molecule has 6 heteroatoms. The summed E-state index contributed by atoms with van der Waals surface area (Å²) in [4.78, 5) is 11.9. The van der Waals surface area contributed by atoms with E-state index >= 15 is 0 Å². The van der Waals surface area contributed by atoms with E-state index in [4.69, 9.17) is 4.74 Å². The highest BCUT2D eigenvalue weighted by molar-refractivity contribution is 7.99. The predicted molar refractivity (Wildman–Crippen MR) is 111 cm³/mol. The van der Waals surface area contributed by atoms with E-state index in [1.165, 1.54) is 47.5 Å². The maximum atomic E-state index is 11.9. The van der Waals surface area contributed by atoms with Crippen LogP contribution in [0.2, 0.25) is 0 Å². The van der Waals surface area contributed by atoms with Gasteiger partial charge >= 0.3 is 0 Å². The first kappa shape index (κ1) is 18.8. The number of carbonyl (C=O) groups is 1. The van der Waals surface area contributed by atoms with E-state index in [9.17, 15) is 9.90 Å². The molecule has 138 valence electrons. The van der Waals surface area contributed by atoms with Gasteiger partial charge in [0.15, 0.2) is 11.5 Å². The number of hydrogen-bond donors (Lipinski definition) is 2. The number of phenolic OH excluding ortho intramolecular Hbond substituents is 1. The van der Waals surface area contributed by atoms with Gasteiger partial charge in [-0.05, 0) is 40.1 Å². The Balaban J connectivity index is 1.46. The molecule has 3 aromatic carbocycles. The second-order valence-electron chi connectivity index (χ2n) is 5.90. The van der Waals surface area contributed by atoms with Crippen LogP contribution >= 0.6 is 11.8 Å². The highest BCUT2D eigenvalue weighted by Crippen LogP contribution is 2.25. The zero-order valence-corrected chi connectivity index (χ0v) is 15.7. The summed E-state index contributed by atoms with van der Waals surface area (Å²) in [5.41, 5.74) is 4.41. The van der Waals surface area contributed by atoms with E-state index in [1.807, 2.05) is 12.1 Å². The van der Waals surface area contributed by atoms with Crippen molar-refractivity contribution in [3.8, 4) is 11.5 Å². The number of thioether (sulfide) groups is 1. The fourth-order valence-corrected chi connectivity index (χ4v) is 3.34. The second kappa shape index (κ2) is 9.09. The molecule has 0 saturated carbocycles. The first-order chi connectivity index (χ1) is 13.2. The number of nitrogens with one attached hydrogen (secondary N) is 1. The number of ether oxygens (including phenoxy) is 1. The molecular weight excluding hydrogens is 360 g/mol. The molecular formula is C21H20N2O3S. The summed E-state index contributed by atoms with van der Waals surface area (Å²) in [5.74, 6) is 1.34. The van der Waals surface area contributed by atoms with Gasteiger partial charge in [0.25, 0.3) is 0 Å². The minimum atomic E-state index is -0.164. The molecule has 5 nitrogen and oxygen atoms in total. The van der Waals surface area contributed by atoms with E-state index in [0.717, 1.165) is 5.75 Å². The number of aromatic hydroxyl groups is 1. The third-order valence-electron chi connectivity index (χ3n) is 3.92. The Bertz CT molecular complexity index is 973. The second-order valence-corrected chi connectivity index (χ2v) is 6.88. The van der Waals surface area contributed by atoms with Crippen molar-refractivity contribution in [2.75, 3.05) is 12.9 Å². The van der Waals surface area contributed by atoms with Crippen molar-refractivity contribution >= 4 is 34.7 Å². The van der Waals surface area contributed by atoms with E-state index in [1.54, 1.807) is 12.1 Å². The topological polar surface area (TPSA) is 70.9 Å². The van der Waals surface area contributed by atoms with E-state index < -0.39 is 0 Å². The quantitative estimate of drug-likeness (QED) is 0.481. The summed E-state index contributed by atoms with van der Waals surface area (Å²) >= 11 is 1.54. The average Bonchev–Trinajstić information content (AvgIpc) is 2.69. The molecule has 1 amide bonds.